The van der Waals surface area contributed by atoms with Crippen molar-refractivity contribution in [3.63, 3.8) is 0 Å². The number of fused-ring (bicyclic) bond motifs is 2. The first-order valence-electron chi connectivity index (χ1n) is 13.3. The molecule has 0 radical (unpaired) electrons. The van der Waals surface area contributed by atoms with Crippen LogP contribution in [-0.4, -0.2) is 98.5 Å². The number of anilines is 2. The number of thioether (sulfide) groups is 1. The first kappa shape index (κ1) is 30.4. The highest BCUT2D eigenvalue weighted by Crippen LogP contribution is 2.47. The van der Waals surface area contributed by atoms with Crippen LogP contribution in [0.15, 0.2) is 17.4 Å². The zero-order chi connectivity index (χ0) is 30.2. The molecule has 0 spiro atoms. The summed E-state index contributed by atoms with van der Waals surface area (Å²) in [5, 5.41) is 15.9. The van der Waals surface area contributed by atoms with Gasteiger partial charge in [0.1, 0.15) is 23.4 Å². The number of nitrogens with two attached hydrogens (primary N) is 2. The van der Waals surface area contributed by atoms with Gasteiger partial charge in [0.05, 0.1) is 19.0 Å². The van der Waals surface area contributed by atoms with Gasteiger partial charge >= 0.3 is 0 Å². The summed E-state index contributed by atoms with van der Waals surface area (Å²) in [6.07, 6.45) is -0.422. The Labute approximate surface area is 250 Å². The smallest absolute Gasteiger partial charge is 0.282 e. The van der Waals surface area contributed by atoms with Crippen LogP contribution < -0.4 is 17.0 Å². The van der Waals surface area contributed by atoms with Crippen LogP contribution in [0.3, 0.4) is 0 Å². The number of rotatable bonds is 11. The molecule has 2 aliphatic rings. The van der Waals surface area contributed by atoms with Crippen LogP contribution >= 0.6 is 29.8 Å². The van der Waals surface area contributed by atoms with Crippen LogP contribution in [0.1, 0.15) is 24.4 Å². The summed E-state index contributed by atoms with van der Waals surface area (Å²) in [6.45, 7) is 0.189. The Morgan fingerprint density at radius 2 is 1.98 bits per heavy atom. The lowest BCUT2D eigenvalue weighted by molar-refractivity contribution is -0.292. The molecule has 6 rings (SSSR count). The number of aromatic nitrogens is 9. The largest absolute Gasteiger partial charge is 0.382 e. The summed E-state index contributed by atoms with van der Waals surface area (Å²) in [5.74, 6) is -0.382. The van der Waals surface area contributed by atoms with Crippen molar-refractivity contribution in [1.82, 2.24) is 44.5 Å². The third-order valence-electron chi connectivity index (χ3n) is 7.63. The highest BCUT2D eigenvalue weighted by molar-refractivity contribution is 8.00. The van der Waals surface area contributed by atoms with E-state index in [1.54, 1.807) is 0 Å². The zero-order valence-electron chi connectivity index (χ0n) is 22.4. The molecule has 4 aromatic rings. The van der Waals surface area contributed by atoms with Gasteiger partial charge in [-0.25, -0.2) is 33.3 Å². The minimum absolute atomic E-state index is 0.0554. The minimum Gasteiger partial charge on any atom is -0.382 e. The van der Waals surface area contributed by atoms with Gasteiger partial charge in [0.15, 0.2) is 41.1 Å². The van der Waals surface area contributed by atoms with Crippen LogP contribution in [0.4, 0.5) is 20.5 Å². The zero-order valence-corrected chi connectivity index (χ0v) is 25.3. The highest BCUT2D eigenvalue weighted by Gasteiger charge is 2.48. The molecule has 2 saturated heterocycles. The van der Waals surface area contributed by atoms with Crippen molar-refractivity contribution in [2.45, 2.75) is 54.2 Å². The number of alkyl halides is 2. The predicted molar refractivity (Wildman–Crippen MR) is 158 cm³/mol. The van der Waals surface area contributed by atoms with Crippen molar-refractivity contribution >= 4 is 63.9 Å². The average Bonchev–Trinajstić information content (AvgIpc) is 3.74. The molecule has 0 aromatic carbocycles. The van der Waals surface area contributed by atoms with E-state index < -0.39 is 52.9 Å². The highest BCUT2D eigenvalue weighted by atomic mass is 32.2. The van der Waals surface area contributed by atoms with E-state index in [-0.39, 0.29) is 29.5 Å². The molecule has 2 aliphatic heterocycles. The lowest BCUT2D eigenvalue weighted by Gasteiger charge is -2.18. The molecule has 16 nitrogen and oxygen atoms in total. The number of ether oxygens (including phenoxy) is 1. The number of aromatic amines is 1. The number of nitrogen functional groups attached to an aromatic ring is 2. The maximum absolute atomic E-state index is 15.8. The molecule has 232 valence electrons. The number of hydrogen-bond acceptors (Lipinski definition) is 14. The van der Waals surface area contributed by atoms with E-state index >= 15 is 8.78 Å². The second-order valence-corrected chi connectivity index (χ2v) is 13.3. The number of halogens is 2. The molecule has 0 bridgehead atoms. The second kappa shape index (κ2) is 12.8. The lowest BCUT2D eigenvalue weighted by Crippen LogP contribution is -2.31. The normalized spacial score (nSPS) is 29.6. The van der Waals surface area contributed by atoms with E-state index in [1.165, 1.54) is 33.7 Å². The maximum atomic E-state index is 15.8. The maximum Gasteiger partial charge on any atom is 0.282 e. The molecule has 6 heterocycles. The van der Waals surface area contributed by atoms with Crippen molar-refractivity contribution in [1.29, 1.82) is 0 Å². The molecule has 10 atom stereocenters. The van der Waals surface area contributed by atoms with Gasteiger partial charge in [-0.3, -0.25) is 19.6 Å². The molecule has 0 saturated carbocycles. The van der Waals surface area contributed by atoms with Gasteiger partial charge in [0.2, 0.25) is 5.95 Å². The van der Waals surface area contributed by atoms with E-state index in [0.717, 1.165) is 0 Å². The van der Waals surface area contributed by atoms with Gasteiger partial charge in [-0.15, -0.1) is 25.4 Å². The van der Waals surface area contributed by atoms with Crippen LogP contribution in [0, 0.1) is 5.92 Å². The first-order chi connectivity index (χ1) is 20.8. The lowest BCUT2D eigenvalue weighted by atomic mass is 9.96. The Morgan fingerprint density at radius 3 is 2.77 bits per heavy atom. The van der Waals surface area contributed by atoms with Gasteiger partial charge < -0.3 is 20.7 Å². The van der Waals surface area contributed by atoms with E-state index in [4.69, 9.17) is 20.7 Å². The van der Waals surface area contributed by atoms with Crippen molar-refractivity contribution in [2.24, 2.45) is 5.92 Å². The van der Waals surface area contributed by atoms with Gasteiger partial charge in [-0.1, -0.05) is 5.21 Å². The van der Waals surface area contributed by atoms with Gasteiger partial charge in [-0.2, -0.15) is 4.98 Å². The Balaban J connectivity index is 1.06. The molecular formula is C22H29F2N11O5P2S. The fourth-order valence-corrected chi connectivity index (χ4v) is 8.78. The number of H-pyrrole nitrogens is 1. The summed E-state index contributed by atoms with van der Waals surface area (Å²) in [5.41, 5.74) is 11.7. The summed E-state index contributed by atoms with van der Waals surface area (Å²) < 4.78 is 45.2. The minimum atomic E-state index is -1.52. The third kappa shape index (κ3) is 5.67. The van der Waals surface area contributed by atoms with Crippen molar-refractivity contribution in [3.05, 3.63) is 23.0 Å². The van der Waals surface area contributed by atoms with E-state index in [1.807, 2.05) is 0 Å². The molecule has 0 aliphatic carbocycles. The fourth-order valence-electron chi connectivity index (χ4n) is 5.55. The van der Waals surface area contributed by atoms with Crippen LogP contribution in [-0.2, 0) is 14.1 Å². The molecule has 43 heavy (non-hydrogen) atoms. The SMILES string of the molecule is Nc1nc2c(nnn2[C@@H]2S[C@H](CCPCC[C@H]3[C@H](F)[C@H](n4cnc5c(N)ncnc54)O[C@@H]3COP)[C@@H](F)[C@H]2OO)c(=O)[nH]1. The number of nitrogens with one attached hydrogen (secondary N) is 1. The van der Waals surface area contributed by atoms with Crippen LogP contribution in [0.25, 0.3) is 22.3 Å². The number of imidazole rings is 1. The van der Waals surface area contributed by atoms with Crippen molar-refractivity contribution in [3.8, 4) is 0 Å². The first-order valence-corrected chi connectivity index (χ1v) is 16.1. The third-order valence-corrected chi connectivity index (χ3v) is 10.7. The van der Waals surface area contributed by atoms with Crippen molar-refractivity contribution in [2.75, 3.05) is 30.4 Å². The Kier molecular flexibility index (Phi) is 9.01. The molecule has 2 unspecified atom stereocenters. The van der Waals surface area contributed by atoms with E-state index in [0.29, 0.717) is 44.9 Å². The quantitative estimate of drug-likeness (QED) is 0.0775. The van der Waals surface area contributed by atoms with Crippen molar-refractivity contribution < 1.29 is 28.2 Å². The Bertz CT molecular complexity index is 1650. The molecular weight excluding hydrogens is 630 g/mol. The molecule has 0 amide bonds. The fraction of sp³-hybridized carbons (Fsp3) is 0.591. The summed E-state index contributed by atoms with van der Waals surface area (Å²) >= 11 is 1.21. The van der Waals surface area contributed by atoms with Gasteiger partial charge in [0.25, 0.3) is 5.56 Å². The summed E-state index contributed by atoms with van der Waals surface area (Å²) in [7, 11) is 2.59. The van der Waals surface area contributed by atoms with E-state index in [9.17, 15) is 10.1 Å². The monoisotopic (exact) mass is 659 g/mol. The van der Waals surface area contributed by atoms with Gasteiger partial charge in [-0.05, 0) is 25.2 Å². The van der Waals surface area contributed by atoms with Crippen LogP contribution in [0.5, 0.6) is 0 Å². The molecule has 6 N–H and O–H groups in total. The summed E-state index contributed by atoms with van der Waals surface area (Å²) in [4.78, 5) is 35.4. The van der Waals surface area contributed by atoms with Crippen LogP contribution in [0.2, 0.25) is 0 Å². The molecule has 21 heteroatoms. The Hall–Kier alpha value is -2.66. The van der Waals surface area contributed by atoms with Gasteiger partial charge in [0, 0.05) is 20.6 Å². The predicted octanol–water partition coefficient (Wildman–Crippen LogP) is 1.45. The Morgan fingerprint density at radius 1 is 1.16 bits per heavy atom. The second-order valence-electron chi connectivity index (χ2n) is 10.2. The molecule has 4 aromatic heterocycles. The number of nitrogens with zero attached hydrogens (tertiary/aromatic N) is 8. The average molecular weight is 660 g/mol. The molecule has 2 fully saturated rings. The topological polar surface area (TPSA) is 220 Å². The standard InChI is InChI=1S/C22H29F2N11O5P2S/c23-11-8(9(5-38-41)39-20(11)34-7-29-13-16(25)27-6-28-17(13)34)1-3-42-4-2-10-12(24)15(40-37)21(43-10)35-18-14(32-33-35)19(36)31-22(26)30-18/h6-12,15,20-21,37,42H,1-5,41H2,(H2,25,27,28)(H3,26,30,31,36)/t8-,9-,10-,11+,12-,15-,20-,21-/m1/s1. The summed E-state index contributed by atoms with van der Waals surface area (Å²) in [6, 6.07) is 0. The number of hydrogen-bond donors (Lipinski definition) is 4. The van der Waals surface area contributed by atoms with E-state index in [2.05, 4.69) is 49.6 Å².